The summed E-state index contributed by atoms with van der Waals surface area (Å²) in [6.07, 6.45) is -0.321. The lowest BCUT2D eigenvalue weighted by Crippen LogP contribution is -2.50. The van der Waals surface area contributed by atoms with E-state index >= 15 is 0 Å². The van der Waals surface area contributed by atoms with Crippen LogP contribution < -0.4 is 0 Å². The highest BCUT2D eigenvalue weighted by atomic mass is 16.6. The summed E-state index contributed by atoms with van der Waals surface area (Å²) >= 11 is 0. The van der Waals surface area contributed by atoms with Crippen LogP contribution in [0.1, 0.15) is 46.6 Å². The van der Waals surface area contributed by atoms with E-state index in [-0.39, 0.29) is 18.8 Å². The van der Waals surface area contributed by atoms with Gasteiger partial charge in [0.05, 0.1) is 32.0 Å². The molecule has 1 aliphatic heterocycles. The third-order valence-corrected chi connectivity index (χ3v) is 4.23. The summed E-state index contributed by atoms with van der Waals surface area (Å²) in [5.74, 6) is 0. The van der Waals surface area contributed by atoms with E-state index < -0.39 is 17.4 Å². The number of nitrogens with zero attached hydrogens (tertiary/aromatic N) is 1. The summed E-state index contributed by atoms with van der Waals surface area (Å²) in [7, 11) is 0. The van der Waals surface area contributed by atoms with E-state index in [1.165, 1.54) is 0 Å². The van der Waals surface area contributed by atoms with Crippen molar-refractivity contribution >= 4 is 6.09 Å². The highest BCUT2D eigenvalue weighted by molar-refractivity contribution is 5.69. The van der Waals surface area contributed by atoms with Gasteiger partial charge >= 0.3 is 6.09 Å². The van der Waals surface area contributed by atoms with Crippen molar-refractivity contribution in [1.82, 2.24) is 4.90 Å². The van der Waals surface area contributed by atoms with E-state index in [2.05, 4.69) is 0 Å². The summed E-state index contributed by atoms with van der Waals surface area (Å²) in [6, 6.07) is 9.58. The molecule has 6 nitrogen and oxygen atoms in total. The quantitative estimate of drug-likeness (QED) is 0.837. The Kier molecular flexibility index (Phi) is 6.66. The third-order valence-electron chi connectivity index (χ3n) is 4.23. The number of amides is 1. The molecule has 146 valence electrons. The van der Waals surface area contributed by atoms with Crippen LogP contribution >= 0.6 is 0 Å². The monoisotopic (exact) mass is 365 g/mol. The molecule has 1 saturated heterocycles. The highest BCUT2D eigenvalue weighted by Crippen LogP contribution is 2.31. The number of hydrogen-bond acceptors (Lipinski definition) is 5. The molecule has 0 bridgehead atoms. The fourth-order valence-corrected chi connectivity index (χ4v) is 3.02. The van der Waals surface area contributed by atoms with Crippen LogP contribution in [0, 0.1) is 0 Å². The number of aliphatic hydroxyl groups excluding tert-OH is 1. The SMILES string of the molecule is CC(C)(C)OC(=O)N1[C@@H](C[C@@H](CO)OCc2ccccc2)COC1(C)C. The summed E-state index contributed by atoms with van der Waals surface area (Å²) in [4.78, 5) is 14.3. The van der Waals surface area contributed by atoms with Crippen molar-refractivity contribution in [2.45, 2.75) is 71.1 Å². The smallest absolute Gasteiger partial charge is 0.412 e. The number of carbonyl (C=O) groups is 1. The molecule has 0 unspecified atom stereocenters. The molecular formula is C20H31NO5. The number of aliphatic hydroxyl groups is 1. The minimum absolute atomic E-state index is 0.119. The topological polar surface area (TPSA) is 68.2 Å². The Labute approximate surface area is 156 Å². The van der Waals surface area contributed by atoms with Crippen LogP contribution in [0.25, 0.3) is 0 Å². The lowest BCUT2D eigenvalue weighted by molar-refractivity contribution is -0.0665. The lowest BCUT2D eigenvalue weighted by Gasteiger charge is -2.35. The van der Waals surface area contributed by atoms with Crippen LogP contribution in [-0.4, -0.2) is 52.8 Å². The van der Waals surface area contributed by atoms with E-state index in [4.69, 9.17) is 14.2 Å². The van der Waals surface area contributed by atoms with Gasteiger partial charge in [0.15, 0.2) is 0 Å². The van der Waals surface area contributed by atoms with Crippen LogP contribution in [-0.2, 0) is 20.8 Å². The first-order chi connectivity index (χ1) is 12.1. The van der Waals surface area contributed by atoms with E-state index in [0.29, 0.717) is 19.6 Å². The fourth-order valence-electron chi connectivity index (χ4n) is 3.02. The Morgan fingerprint density at radius 2 is 2.00 bits per heavy atom. The molecule has 1 N–H and O–H groups in total. The second-order valence-electron chi connectivity index (χ2n) is 8.10. The Morgan fingerprint density at radius 3 is 2.58 bits per heavy atom. The van der Waals surface area contributed by atoms with Crippen molar-refractivity contribution in [3.8, 4) is 0 Å². The summed E-state index contributed by atoms with van der Waals surface area (Å²) in [5, 5.41) is 9.71. The lowest BCUT2D eigenvalue weighted by atomic mass is 10.1. The fraction of sp³-hybridized carbons (Fsp3) is 0.650. The third kappa shape index (κ3) is 5.69. The summed E-state index contributed by atoms with van der Waals surface area (Å²) in [6.45, 7) is 9.88. The zero-order valence-electron chi connectivity index (χ0n) is 16.4. The maximum atomic E-state index is 12.7. The molecule has 1 fully saturated rings. The second kappa shape index (κ2) is 8.37. The van der Waals surface area contributed by atoms with E-state index in [0.717, 1.165) is 5.56 Å². The average Bonchev–Trinajstić information content (AvgIpc) is 2.85. The standard InChI is InChI=1S/C20H31NO5/c1-19(2,3)26-18(23)21-16(14-25-20(21,4)5)11-17(12-22)24-13-15-9-7-6-8-10-15/h6-10,16-17,22H,11-14H2,1-5H3/t16-,17-/m0/s1. The van der Waals surface area contributed by atoms with Crippen molar-refractivity contribution in [3.05, 3.63) is 35.9 Å². The Bertz CT molecular complexity index is 582. The first-order valence-corrected chi connectivity index (χ1v) is 9.05. The van der Waals surface area contributed by atoms with Gasteiger partial charge < -0.3 is 19.3 Å². The van der Waals surface area contributed by atoms with Gasteiger partial charge in [-0.25, -0.2) is 4.79 Å². The molecule has 1 aliphatic rings. The van der Waals surface area contributed by atoms with Gasteiger partial charge in [-0.3, -0.25) is 4.90 Å². The van der Waals surface area contributed by atoms with Crippen molar-refractivity contribution in [2.75, 3.05) is 13.2 Å². The largest absolute Gasteiger partial charge is 0.444 e. The predicted molar refractivity (Wildman–Crippen MR) is 98.6 cm³/mol. The second-order valence-corrected chi connectivity index (χ2v) is 8.10. The maximum absolute atomic E-state index is 12.7. The minimum atomic E-state index is -0.758. The van der Waals surface area contributed by atoms with Crippen molar-refractivity contribution < 1.29 is 24.1 Å². The first kappa shape index (κ1) is 20.7. The van der Waals surface area contributed by atoms with Crippen molar-refractivity contribution in [3.63, 3.8) is 0 Å². The molecule has 1 heterocycles. The predicted octanol–water partition coefficient (Wildman–Crippen LogP) is 3.33. The van der Waals surface area contributed by atoms with E-state index in [1.807, 2.05) is 65.0 Å². The van der Waals surface area contributed by atoms with Gasteiger partial charge in [-0.15, -0.1) is 0 Å². The Hall–Kier alpha value is -1.63. The highest BCUT2D eigenvalue weighted by Gasteiger charge is 2.46. The molecule has 0 aromatic heterocycles. The molecule has 2 atom stereocenters. The Balaban J connectivity index is 2.01. The first-order valence-electron chi connectivity index (χ1n) is 9.05. The Morgan fingerprint density at radius 1 is 1.35 bits per heavy atom. The number of benzene rings is 1. The van der Waals surface area contributed by atoms with Crippen LogP contribution in [0.2, 0.25) is 0 Å². The molecule has 0 spiro atoms. The minimum Gasteiger partial charge on any atom is -0.444 e. The van der Waals surface area contributed by atoms with Crippen LogP contribution in [0.3, 0.4) is 0 Å². The van der Waals surface area contributed by atoms with Gasteiger partial charge in [0.25, 0.3) is 0 Å². The number of ether oxygens (including phenoxy) is 3. The summed E-state index contributed by atoms with van der Waals surface area (Å²) < 4.78 is 17.2. The van der Waals surface area contributed by atoms with Crippen LogP contribution in [0.15, 0.2) is 30.3 Å². The molecule has 0 aliphatic carbocycles. The summed E-state index contributed by atoms with van der Waals surface area (Å²) in [5.41, 5.74) is -0.301. The zero-order chi connectivity index (χ0) is 19.4. The van der Waals surface area contributed by atoms with Crippen molar-refractivity contribution in [2.24, 2.45) is 0 Å². The molecule has 26 heavy (non-hydrogen) atoms. The van der Waals surface area contributed by atoms with E-state index in [9.17, 15) is 9.90 Å². The molecule has 1 aromatic carbocycles. The molecule has 1 amide bonds. The molecule has 0 radical (unpaired) electrons. The van der Waals surface area contributed by atoms with Gasteiger partial charge in [0.2, 0.25) is 0 Å². The van der Waals surface area contributed by atoms with Gasteiger partial charge in [-0.2, -0.15) is 0 Å². The van der Waals surface area contributed by atoms with Crippen molar-refractivity contribution in [1.29, 1.82) is 0 Å². The van der Waals surface area contributed by atoms with Gasteiger partial charge in [0.1, 0.15) is 11.3 Å². The number of carbonyl (C=O) groups excluding carboxylic acids is 1. The normalized spacial score (nSPS) is 20.8. The van der Waals surface area contributed by atoms with Gasteiger partial charge in [-0.1, -0.05) is 30.3 Å². The molecule has 1 aromatic rings. The average molecular weight is 365 g/mol. The number of rotatable bonds is 6. The maximum Gasteiger partial charge on any atom is 0.412 e. The van der Waals surface area contributed by atoms with Crippen LogP contribution in [0.4, 0.5) is 4.79 Å². The van der Waals surface area contributed by atoms with Gasteiger partial charge in [-0.05, 0) is 46.6 Å². The van der Waals surface area contributed by atoms with E-state index in [1.54, 1.807) is 4.90 Å². The van der Waals surface area contributed by atoms with Crippen LogP contribution in [0.5, 0.6) is 0 Å². The molecule has 0 saturated carbocycles. The zero-order valence-corrected chi connectivity index (χ0v) is 16.4. The molecule has 2 rings (SSSR count). The van der Waals surface area contributed by atoms with Gasteiger partial charge in [0, 0.05) is 0 Å². The number of hydrogen-bond donors (Lipinski definition) is 1. The molecular weight excluding hydrogens is 334 g/mol. The molecule has 6 heteroatoms.